The summed E-state index contributed by atoms with van der Waals surface area (Å²) in [5.41, 5.74) is 0.801. The summed E-state index contributed by atoms with van der Waals surface area (Å²) in [6.45, 7) is 0. The van der Waals surface area contributed by atoms with E-state index in [1.165, 1.54) is 30.6 Å². The number of thiophene rings is 1. The Balaban J connectivity index is 2.16. The van der Waals surface area contributed by atoms with Crippen LogP contribution in [0.5, 0.6) is 11.5 Å². The van der Waals surface area contributed by atoms with Gasteiger partial charge in [-0.1, -0.05) is 18.2 Å². The molecule has 0 amide bonds. The average molecular weight is 260 g/mol. The van der Waals surface area contributed by atoms with Gasteiger partial charge in [0.25, 0.3) is 0 Å². The number of methoxy groups -OCH3 is 1. The Morgan fingerprint density at radius 1 is 1.39 bits per heavy atom. The number of hydrogen-bond donors (Lipinski definition) is 1. The quantitative estimate of drug-likeness (QED) is 0.677. The van der Waals surface area contributed by atoms with Crippen molar-refractivity contribution < 1.29 is 14.6 Å². The Hall–Kier alpha value is -2.07. The van der Waals surface area contributed by atoms with Crippen molar-refractivity contribution in [3.63, 3.8) is 0 Å². The van der Waals surface area contributed by atoms with Gasteiger partial charge in [-0.05, 0) is 35.2 Å². The normalized spacial score (nSPS) is 10.7. The van der Waals surface area contributed by atoms with Crippen LogP contribution in [0.4, 0.5) is 0 Å². The minimum Gasteiger partial charge on any atom is -0.504 e. The van der Waals surface area contributed by atoms with Crippen LogP contribution in [0.25, 0.3) is 6.08 Å². The molecule has 0 spiro atoms. The summed E-state index contributed by atoms with van der Waals surface area (Å²) >= 11 is 1.41. The highest BCUT2D eigenvalue weighted by molar-refractivity contribution is 7.12. The number of rotatable bonds is 4. The number of hydrogen-bond acceptors (Lipinski definition) is 4. The molecule has 1 heterocycles. The maximum Gasteiger partial charge on any atom is 0.195 e. The molecule has 0 atom stereocenters. The van der Waals surface area contributed by atoms with Crippen molar-refractivity contribution in [2.75, 3.05) is 7.11 Å². The van der Waals surface area contributed by atoms with Crippen LogP contribution in [0.15, 0.2) is 41.8 Å². The fourth-order valence-electron chi connectivity index (χ4n) is 1.47. The largest absolute Gasteiger partial charge is 0.504 e. The van der Waals surface area contributed by atoms with Crippen molar-refractivity contribution in [3.8, 4) is 11.5 Å². The van der Waals surface area contributed by atoms with Crippen LogP contribution in [0.2, 0.25) is 0 Å². The summed E-state index contributed by atoms with van der Waals surface area (Å²) in [6.07, 6.45) is 3.21. The van der Waals surface area contributed by atoms with Crippen molar-refractivity contribution in [2.45, 2.75) is 0 Å². The molecule has 0 fully saturated rings. The topological polar surface area (TPSA) is 46.5 Å². The van der Waals surface area contributed by atoms with Crippen LogP contribution < -0.4 is 4.74 Å². The Morgan fingerprint density at radius 2 is 2.22 bits per heavy atom. The highest BCUT2D eigenvalue weighted by Gasteiger charge is 2.03. The first kappa shape index (κ1) is 12.4. The van der Waals surface area contributed by atoms with Gasteiger partial charge in [-0.3, -0.25) is 4.79 Å². The summed E-state index contributed by atoms with van der Waals surface area (Å²) in [6, 6.07) is 8.56. The maximum atomic E-state index is 11.7. The second kappa shape index (κ2) is 5.51. The smallest absolute Gasteiger partial charge is 0.195 e. The minimum atomic E-state index is -0.0305. The lowest BCUT2D eigenvalue weighted by atomic mass is 10.1. The van der Waals surface area contributed by atoms with Gasteiger partial charge in [0.15, 0.2) is 17.3 Å². The van der Waals surface area contributed by atoms with Crippen LogP contribution in [-0.2, 0) is 0 Å². The first-order chi connectivity index (χ1) is 8.70. The standard InChI is InChI=1S/C14H12O3S/c1-17-13-9-10(4-6-11(13)15)5-7-12(16)14-3-2-8-18-14/h2-9,15H,1H3. The van der Waals surface area contributed by atoms with Gasteiger partial charge in [0.1, 0.15) is 0 Å². The van der Waals surface area contributed by atoms with Gasteiger partial charge in [0.05, 0.1) is 12.0 Å². The van der Waals surface area contributed by atoms with E-state index in [9.17, 15) is 9.90 Å². The second-order valence-electron chi connectivity index (χ2n) is 3.61. The summed E-state index contributed by atoms with van der Waals surface area (Å²) < 4.78 is 5.00. The fraction of sp³-hybridized carbons (Fsp3) is 0.0714. The van der Waals surface area contributed by atoms with E-state index in [0.717, 1.165) is 5.56 Å². The number of carbonyl (C=O) groups excluding carboxylic acids is 1. The monoisotopic (exact) mass is 260 g/mol. The zero-order valence-electron chi connectivity index (χ0n) is 9.79. The zero-order chi connectivity index (χ0) is 13.0. The van der Waals surface area contributed by atoms with E-state index in [1.54, 1.807) is 24.3 Å². The maximum absolute atomic E-state index is 11.7. The molecule has 0 aliphatic rings. The van der Waals surface area contributed by atoms with E-state index >= 15 is 0 Å². The third kappa shape index (κ3) is 2.78. The predicted octanol–water partition coefficient (Wildman–Crippen LogP) is 3.36. The van der Waals surface area contributed by atoms with Crippen LogP contribution in [0, 0.1) is 0 Å². The number of ketones is 1. The molecule has 0 unspecified atom stereocenters. The second-order valence-corrected chi connectivity index (χ2v) is 4.55. The Morgan fingerprint density at radius 3 is 2.89 bits per heavy atom. The molecule has 0 saturated carbocycles. The molecule has 0 aliphatic carbocycles. The number of phenols is 1. The van der Waals surface area contributed by atoms with Gasteiger partial charge in [0.2, 0.25) is 0 Å². The van der Waals surface area contributed by atoms with Gasteiger partial charge in [-0.25, -0.2) is 0 Å². The highest BCUT2D eigenvalue weighted by Crippen LogP contribution is 2.26. The number of allylic oxidation sites excluding steroid dienone is 1. The van der Waals surface area contributed by atoms with Crippen molar-refractivity contribution >= 4 is 23.2 Å². The number of carbonyl (C=O) groups is 1. The lowest BCUT2D eigenvalue weighted by molar-refractivity contribution is 0.105. The predicted molar refractivity (Wildman–Crippen MR) is 72.3 cm³/mol. The van der Waals surface area contributed by atoms with E-state index in [0.29, 0.717) is 10.6 Å². The van der Waals surface area contributed by atoms with Crippen molar-refractivity contribution in [3.05, 3.63) is 52.2 Å². The summed E-state index contributed by atoms with van der Waals surface area (Å²) in [7, 11) is 1.49. The summed E-state index contributed by atoms with van der Waals surface area (Å²) in [4.78, 5) is 12.4. The van der Waals surface area contributed by atoms with E-state index in [2.05, 4.69) is 0 Å². The first-order valence-electron chi connectivity index (χ1n) is 5.33. The van der Waals surface area contributed by atoms with E-state index < -0.39 is 0 Å². The van der Waals surface area contributed by atoms with Gasteiger partial charge in [0, 0.05) is 0 Å². The Bertz CT molecular complexity index is 571. The van der Waals surface area contributed by atoms with Gasteiger partial charge in [-0.15, -0.1) is 11.3 Å². The molecule has 1 N–H and O–H groups in total. The van der Waals surface area contributed by atoms with Gasteiger partial charge in [-0.2, -0.15) is 0 Å². The average Bonchev–Trinajstić information content (AvgIpc) is 2.91. The zero-order valence-corrected chi connectivity index (χ0v) is 10.6. The molecule has 2 rings (SSSR count). The molecule has 4 heteroatoms. The van der Waals surface area contributed by atoms with Gasteiger partial charge >= 0.3 is 0 Å². The molecule has 1 aromatic heterocycles. The van der Waals surface area contributed by atoms with Crippen LogP contribution in [-0.4, -0.2) is 18.0 Å². The fourth-order valence-corrected chi connectivity index (χ4v) is 2.12. The number of aromatic hydroxyl groups is 1. The van der Waals surface area contributed by atoms with E-state index in [-0.39, 0.29) is 11.5 Å². The van der Waals surface area contributed by atoms with Crippen LogP contribution in [0.3, 0.4) is 0 Å². The molecular weight excluding hydrogens is 248 g/mol. The molecule has 1 aromatic carbocycles. The lowest BCUT2D eigenvalue weighted by Gasteiger charge is -2.03. The summed E-state index contributed by atoms with van der Waals surface area (Å²) in [5.74, 6) is 0.442. The molecule has 0 bridgehead atoms. The molecule has 0 aliphatic heterocycles. The van der Waals surface area contributed by atoms with Crippen molar-refractivity contribution in [1.29, 1.82) is 0 Å². The van der Waals surface area contributed by atoms with Crippen LogP contribution in [0.1, 0.15) is 15.2 Å². The molecule has 0 radical (unpaired) electrons. The molecule has 18 heavy (non-hydrogen) atoms. The third-order valence-corrected chi connectivity index (χ3v) is 3.28. The van der Waals surface area contributed by atoms with Gasteiger partial charge < -0.3 is 9.84 Å². The van der Waals surface area contributed by atoms with Crippen LogP contribution >= 0.6 is 11.3 Å². The van der Waals surface area contributed by atoms with Crippen molar-refractivity contribution in [1.82, 2.24) is 0 Å². The SMILES string of the molecule is COc1cc(C=CC(=O)c2cccs2)ccc1O. The number of phenolic OH excluding ortho intramolecular Hbond substituents is 1. The Kier molecular flexibility index (Phi) is 3.79. The molecular formula is C14H12O3S. The Labute approximate surface area is 109 Å². The molecule has 3 nitrogen and oxygen atoms in total. The molecule has 0 saturated heterocycles. The van der Waals surface area contributed by atoms with Crippen molar-refractivity contribution in [2.24, 2.45) is 0 Å². The minimum absolute atomic E-state index is 0.0305. The number of benzene rings is 1. The molecule has 92 valence electrons. The first-order valence-corrected chi connectivity index (χ1v) is 6.21. The summed E-state index contributed by atoms with van der Waals surface area (Å²) in [5, 5.41) is 11.3. The lowest BCUT2D eigenvalue weighted by Crippen LogP contribution is -1.89. The molecule has 2 aromatic rings. The number of ether oxygens (including phenoxy) is 1. The highest BCUT2D eigenvalue weighted by atomic mass is 32.1. The van der Waals surface area contributed by atoms with E-state index in [4.69, 9.17) is 4.74 Å². The third-order valence-electron chi connectivity index (χ3n) is 2.39. The van der Waals surface area contributed by atoms with E-state index in [1.807, 2.05) is 11.4 Å².